The van der Waals surface area contributed by atoms with Gasteiger partial charge in [0.05, 0.1) is 7.11 Å². The molecule has 2 unspecified atom stereocenters. The molecule has 0 spiro atoms. The van der Waals surface area contributed by atoms with Crippen molar-refractivity contribution in [3.05, 3.63) is 64.1 Å². The Kier molecular flexibility index (Phi) is 3.62. The highest BCUT2D eigenvalue weighted by atomic mass is 79.9. The van der Waals surface area contributed by atoms with E-state index in [0.29, 0.717) is 5.92 Å². The third-order valence-corrected chi connectivity index (χ3v) is 4.27. The van der Waals surface area contributed by atoms with Gasteiger partial charge in [0.1, 0.15) is 5.75 Å². The highest BCUT2D eigenvalue weighted by Gasteiger charge is 2.43. The van der Waals surface area contributed by atoms with Gasteiger partial charge in [-0.3, -0.25) is 4.79 Å². The van der Waals surface area contributed by atoms with E-state index >= 15 is 0 Å². The van der Waals surface area contributed by atoms with Crippen molar-refractivity contribution < 1.29 is 9.53 Å². The van der Waals surface area contributed by atoms with Crippen LogP contribution in [-0.2, 0) is 0 Å². The third kappa shape index (κ3) is 2.63. The molecule has 3 heteroatoms. The van der Waals surface area contributed by atoms with Gasteiger partial charge in [-0.2, -0.15) is 0 Å². The third-order valence-electron chi connectivity index (χ3n) is 3.78. The van der Waals surface area contributed by atoms with Crippen LogP contribution in [-0.4, -0.2) is 12.9 Å². The van der Waals surface area contributed by atoms with Crippen LogP contribution in [0.2, 0.25) is 0 Å². The minimum atomic E-state index is 0.123. The Labute approximate surface area is 126 Å². The number of methoxy groups -OCH3 is 1. The topological polar surface area (TPSA) is 26.3 Å². The van der Waals surface area contributed by atoms with E-state index in [2.05, 4.69) is 28.1 Å². The van der Waals surface area contributed by atoms with Gasteiger partial charge >= 0.3 is 0 Å². The van der Waals surface area contributed by atoms with Crippen molar-refractivity contribution in [3.8, 4) is 5.75 Å². The van der Waals surface area contributed by atoms with Gasteiger partial charge in [0.2, 0.25) is 0 Å². The molecule has 0 saturated heterocycles. The van der Waals surface area contributed by atoms with E-state index in [1.54, 1.807) is 7.11 Å². The minimum absolute atomic E-state index is 0.123. The molecule has 0 amide bonds. The predicted molar refractivity (Wildman–Crippen MR) is 82.3 cm³/mol. The van der Waals surface area contributed by atoms with Crippen molar-refractivity contribution in [1.29, 1.82) is 0 Å². The maximum atomic E-state index is 12.4. The number of carbonyl (C=O) groups excluding carboxylic acids is 1. The number of ketones is 1. The highest BCUT2D eigenvalue weighted by Crippen LogP contribution is 2.49. The summed E-state index contributed by atoms with van der Waals surface area (Å²) >= 11 is 3.41. The molecule has 3 rings (SSSR count). The fourth-order valence-corrected chi connectivity index (χ4v) is 2.96. The van der Waals surface area contributed by atoms with E-state index in [-0.39, 0.29) is 11.7 Å². The summed E-state index contributed by atoms with van der Waals surface area (Å²) in [5.41, 5.74) is 2.01. The van der Waals surface area contributed by atoms with E-state index in [1.165, 1.54) is 5.56 Å². The Bertz CT molecular complexity index is 634. The highest BCUT2D eigenvalue weighted by molar-refractivity contribution is 9.10. The summed E-state index contributed by atoms with van der Waals surface area (Å²) in [6, 6.07) is 15.6. The second-order valence-electron chi connectivity index (χ2n) is 5.10. The van der Waals surface area contributed by atoms with Crippen LogP contribution in [0.3, 0.4) is 0 Å². The van der Waals surface area contributed by atoms with Gasteiger partial charge in [0, 0.05) is 16.0 Å². The molecule has 0 aliphatic heterocycles. The summed E-state index contributed by atoms with van der Waals surface area (Å²) in [4.78, 5) is 12.4. The molecule has 1 aliphatic carbocycles. The zero-order valence-electron chi connectivity index (χ0n) is 11.2. The minimum Gasteiger partial charge on any atom is -0.497 e. The predicted octanol–water partition coefficient (Wildman–Crippen LogP) is 4.44. The monoisotopic (exact) mass is 330 g/mol. The van der Waals surface area contributed by atoms with Crippen LogP contribution >= 0.6 is 15.9 Å². The normalized spacial score (nSPS) is 20.5. The van der Waals surface area contributed by atoms with E-state index in [0.717, 1.165) is 22.2 Å². The van der Waals surface area contributed by atoms with Crippen molar-refractivity contribution >= 4 is 21.7 Å². The largest absolute Gasteiger partial charge is 0.497 e. The van der Waals surface area contributed by atoms with Gasteiger partial charge in [-0.25, -0.2) is 0 Å². The fourth-order valence-electron chi connectivity index (χ4n) is 2.56. The smallest absolute Gasteiger partial charge is 0.166 e. The molecule has 2 nitrogen and oxygen atoms in total. The molecule has 102 valence electrons. The Morgan fingerprint density at radius 1 is 1.20 bits per heavy atom. The van der Waals surface area contributed by atoms with Crippen molar-refractivity contribution in [2.75, 3.05) is 7.11 Å². The molecule has 0 radical (unpaired) electrons. The molecule has 0 N–H and O–H groups in total. The van der Waals surface area contributed by atoms with E-state index in [9.17, 15) is 4.79 Å². The fraction of sp³-hybridized carbons (Fsp3) is 0.235. The first-order valence-corrected chi connectivity index (χ1v) is 7.42. The summed E-state index contributed by atoms with van der Waals surface area (Å²) in [5.74, 6) is 1.57. The van der Waals surface area contributed by atoms with E-state index < -0.39 is 0 Å². The van der Waals surface area contributed by atoms with Crippen LogP contribution in [0.1, 0.15) is 28.3 Å². The maximum absolute atomic E-state index is 12.4. The summed E-state index contributed by atoms with van der Waals surface area (Å²) in [7, 11) is 1.66. The lowest BCUT2D eigenvalue weighted by Crippen LogP contribution is -2.03. The average Bonchev–Trinajstić information content (AvgIpc) is 3.27. The number of benzene rings is 2. The van der Waals surface area contributed by atoms with Crippen LogP contribution in [0, 0.1) is 5.92 Å². The number of rotatable bonds is 4. The molecular formula is C17H15BrO2. The van der Waals surface area contributed by atoms with Crippen molar-refractivity contribution in [2.45, 2.75) is 12.3 Å². The van der Waals surface area contributed by atoms with Gasteiger partial charge in [0.15, 0.2) is 5.78 Å². The molecule has 2 aromatic rings. The second kappa shape index (κ2) is 5.41. The first-order chi connectivity index (χ1) is 9.69. The van der Waals surface area contributed by atoms with Crippen LogP contribution in [0.15, 0.2) is 53.0 Å². The van der Waals surface area contributed by atoms with Crippen molar-refractivity contribution in [1.82, 2.24) is 0 Å². The molecule has 0 aromatic heterocycles. The molecule has 0 heterocycles. The first kappa shape index (κ1) is 13.4. The lowest BCUT2D eigenvalue weighted by molar-refractivity contribution is 0.0965. The van der Waals surface area contributed by atoms with Crippen LogP contribution < -0.4 is 4.74 Å². The quantitative estimate of drug-likeness (QED) is 0.774. The second-order valence-corrected chi connectivity index (χ2v) is 6.01. The average molecular weight is 331 g/mol. The molecule has 2 atom stereocenters. The number of Topliss-reactive ketones (excluding diaryl/α,β-unsaturated/α-hetero) is 1. The molecule has 2 aromatic carbocycles. The van der Waals surface area contributed by atoms with Gasteiger partial charge in [-0.1, -0.05) is 40.2 Å². The number of halogens is 1. The summed E-state index contributed by atoms with van der Waals surface area (Å²) in [6.07, 6.45) is 0.942. The van der Waals surface area contributed by atoms with E-state index in [4.69, 9.17) is 4.74 Å². The number of carbonyl (C=O) groups is 1. The van der Waals surface area contributed by atoms with Crippen LogP contribution in [0.25, 0.3) is 0 Å². The Morgan fingerprint density at radius 3 is 2.60 bits per heavy atom. The molecule has 20 heavy (non-hydrogen) atoms. The first-order valence-electron chi connectivity index (χ1n) is 6.63. The zero-order chi connectivity index (χ0) is 14.1. The SMILES string of the molecule is COc1ccc(C2CC2C(=O)c2cccc(Br)c2)cc1. The molecular weight excluding hydrogens is 316 g/mol. The lowest BCUT2D eigenvalue weighted by atomic mass is 10.0. The van der Waals surface area contributed by atoms with Gasteiger partial charge < -0.3 is 4.74 Å². The maximum Gasteiger partial charge on any atom is 0.166 e. The Balaban J connectivity index is 1.73. The molecule has 0 bridgehead atoms. The van der Waals surface area contributed by atoms with Crippen LogP contribution in [0.4, 0.5) is 0 Å². The number of ether oxygens (including phenoxy) is 1. The van der Waals surface area contributed by atoms with E-state index in [1.807, 2.05) is 36.4 Å². The van der Waals surface area contributed by atoms with Gasteiger partial charge in [0.25, 0.3) is 0 Å². The zero-order valence-corrected chi connectivity index (χ0v) is 12.8. The van der Waals surface area contributed by atoms with Crippen molar-refractivity contribution in [3.63, 3.8) is 0 Å². The van der Waals surface area contributed by atoms with Gasteiger partial charge in [-0.15, -0.1) is 0 Å². The molecule has 1 saturated carbocycles. The Morgan fingerprint density at radius 2 is 1.95 bits per heavy atom. The Hall–Kier alpha value is -1.61. The summed E-state index contributed by atoms with van der Waals surface area (Å²) in [5, 5.41) is 0. The summed E-state index contributed by atoms with van der Waals surface area (Å²) < 4.78 is 6.10. The van der Waals surface area contributed by atoms with Gasteiger partial charge in [-0.05, 0) is 42.2 Å². The molecule has 1 fully saturated rings. The lowest BCUT2D eigenvalue weighted by Gasteiger charge is -2.03. The van der Waals surface area contributed by atoms with Crippen molar-refractivity contribution in [2.24, 2.45) is 5.92 Å². The molecule has 1 aliphatic rings. The standard InChI is InChI=1S/C17H15BrO2/c1-20-14-7-5-11(6-8-14)15-10-16(15)17(19)12-3-2-4-13(18)9-12/h2-9,15-16H,10H2,1H3. The number of hydrogen-bond acceptors (Lipinski definition) is 2. The summed E-state index contributed by atoms with van der Waals surface area (Å²) in [6.45, 7) is 0. The van der Waals surface area contributed by atoms with Crippen LogP contribution in [0.5, 0.6) is 5.75 Å². The number of hydrogen-bond donors (Lipinski definition) is 0.